The number of ether oxygens (including phenoxy) is 2. The third kappa shape index (κ3) is 5.27. The van der Waals surface area contributed by atoms with E-state index in [1.165, 1.54) is 10.8 Å². The molecule has 186 valence electrons. The average molecular weight is 571 g/mol. The van der Waals surface area contributed by atoms with E-state index in [1.807, 2.05) is 39.8 Å². The maximum absolute atomic E-state index is 13.4. The highest BCUT2D eigenvalue weighted by Crippen LogP contribution is 2.30. The minimum atomic E-state index is -0.315. The lowest BCUT2D eigenvalue weighted by molar-refractivity contribution is 0.295. The van der Waals surface area contributed by atoms with Gasteiger partial charge in [0.25, 0.3) is 5.56 Å². The lowest BCUT2D eigenvalue weighted by Gasteiger charge is -2.16. The van der Waals surface area contributed by atoms with E-state index in [0.29, 0.717) is 45.1 Å². The zero-order chi connectivity index (χ0) is 26.0. The highest BCUT2D eigenvalue weighted by Gasteiger charge is 2.18. The second-order valence-corrected chi connectivity index (χ2v) is 9.70. The second kappa shape index (κ2) is 10.8. The minimum Gasteiger partial charge on any atom is -0.486 e. The third-order valence-electron chi connectivity index (χ3n) is 5.49. The molecule has 0 fully saturated rings. The third-order valence-corrected chi connectivity index (χ3v) is 6.51. The quantitative estimate of drug-likeness (QED) is 0.276. The molecule has 8 nitrogen and oxygen atoms in total. The van der Waals surface area contributed by atoms with Crippen molar-refractivity contribution in [3.05, 3.63) is 85.4 Å². The fraction of sp³-hybridized carbons (Fsp3) is 0.269. The molecule has 0 aliphatic carbocycles. The van der Waals surface area contributed by atoms with E-state index in [1.54, 1.807) is 31.5 Å². The Hall–Kier alpha value is -3.30. The van der Waals surface area contributed by atoms with Crippen LogP contribution in [-0.4, -0.2) is 31.6 Å². The molecule has 4 rings (SSSR count). The second-order valence-electron chi connectivity index (χ2n) is 8.50. The van der Waals surface area contributed by atoms with Gasteiger partial charge in [0.2, 0.25) is 5.88 Å². The first kappa shape index (κ1) is 25.8. The van der Waals surface area contributed by atoms with Crippen molar-refractivity contribution >= 4 is 27.5 Å². The first-order chi connectivity index (χ1) is 17.2. The van der Waals surface area contributed by atoms with Crippen molar-refractivity contribution in [3.63, 3.8) is 0 Å². The highest BCUT2D eigenvalue weighted by atomic mass is 79.9. The maximum Gasteiger partial charge on any atom is 0.273 e. The summed E-state index contributed by atoms with van der Waals surface area (Å²) >= 11 is 9.93. The van der Waals surface area contributed by atoms with E-state index in [0.717, 1.165) is 11.4 Å². The molecule has 0 aliphatic heterocycles. The molecule has 0 radical (unpaired) electrons. The normalized spacial score (nSPS) is 11.1. The van der Waals surface area contributed by atoms with Gasteiger partial charge < -0.3 is 9.47 Å². The number of aryl methyl sites for hydroxylation is 2. The molecule has 0 aliphatic rings. The largest absolute Gasteiger partial charge is 0.486 e. The monoisotopic (exact) mass is 569 g/mol. The van der Waals surface area contributed by atoms with E-state index in [2.05, 4.69) is 30.9 Å². The summed E-state index contributed by atoms with van der Waals surface area (Å²) in [4.78, 5) is 31.4. The summed E-state index contributed by atoms with van der Waals surface area (Å²) in [7, 11) is 1.55. The van der Waals surface area contributed by atoms with Crippen molar-refractivity contribution in [2.24, 2.45) is 0 Å². The molecule has 0 saturated heterocycles. The number of aromatic nitrogens is 5. The SMILES string of the molecule is COc1cccc(COc2cc(C)n(-c3cc(-c4nc(C(C)C)ncc4C)ncc3Cl)c(=O)c2Br)n1. The zero-order valence-electron chi connectivity index (χ0n) is 20.5. The van der Waals surface area contributed by atoms with Crippen LogP contribution < -0.4 is 15.0 Å². The molecule has 0 atom stereocenters. The highest BCUT2D eigenvalue weighted by molar-refractivity contribution is 9.10. The number of halogens is 2. The van der Waals surface area contributed by atoms with Crippen LogP contribution in [0, 0.1) is 13.8 Å². The smallest absolute Gasteiger partial charge is 0.273 e. The zero-order valence-corrected chi connectivity index (χ0v) is 22.9. The van der Waals surface area contributed by atoms with Gasteiger partial charge in [0.05, 0.1) is 34.9 Å². The molecule has 0 aromatic carbocycles. The summed E-state index contributed by atoms with van der Waals surface area (Å²) in [5, 5.41) is 0.334. The first-order valence-electron chi connectivity index (χ1n) is 11.2. The maximum atomic E-state index is 13.4. The summed E-state index contributed by atoms with van der Waals surface area (Å²) in [6.45, 7) is 7.97. The topological polar surface area (TPSA) is 92.0 Å². The lowest BCUT2D eigenvalue weighted by Crippen LogP contribution is -2.22. The summed E-state index contributed by atoms with van der Waals surface area (Å²) in [5.74, 6) is 1.77. The molecule has 0 amide bonds. The van der Waals surface area contributed by atoms with Gasteiger partial charge in [-0.15, -0.1) is 0 Å². The number of rotatable bonds is 7. The van der Waals surface area contributed by atoms with E-state index in [9.17, 15) is 4.79 Å². The summed E-state index contributed by atoms with van der Waals surface area (Å²) < 4.78 is 12.9. The Bertz CT molecular complexity index is 1490. The van der Waals surface area contributed by atoms with E-state index in [-0.39, 0.29) is 22.6 Å². The van der Waals surface area contributed by atoms with Gasteiger partial charge in [-0.05, 0) is 47.5 Å². The number of hydrogen-bond acceptors (Lipinski definition) is 7. The molecule has 4 heterocycles. The Labute approximate surface area is 222 Å². The van der Waals surface area contributed by atoms with Gasteiger partial charge in [0, 0.05) is 36.1 Å². The molecule has 0 saturated carbocycles. The Morgan fingerprint density at radius 1 is 1.11 bits per heavy atom. The van der Waals surface area contributed by atoms with Crippen LogP contribution in [0.1, 0.15) is 42.5 Å². The molecule has 0 N–H and O–H groups in total. The predicted octanol–water partition coefficient (Wildman–Crippen LogP) is 5.83. The van der Waals surface area contributed by atoms with Crippen LogP contribution in [0.3, 0.4) is 0 Å². The van der Waals surface area contributed by atoms with Gasteiger partial charge in [-0.2, -0.15) is 0 Å². The molecule has 0 unspecified atom stereocenters. The fourth-order valence-corrected chi connectivity index (χ4v) is 4.21. The Morgan fingerprint density at radius 3 is 2.61 bits per heavy atom. The van der Waals surface area contributed by atoms with Crippen molar-refractivity contribution in [3.8, 4) is 28.7 Å². The molecule has 4 aromatic rings. The van der Waals surface area contributed by atoms with Crippen molar-refractivity contribution in [1.82, 2.24) is 24.5 Å². The molecule has 4 aromatic heterocycles. The summed E-state index contributed by atoms with van der Waals surface area (Å²) in [6, 6.07) is 8.94. The van der Waals surface area contributed by atoms with Gasteiger partial charge in [0.15, 0.2) is 0 Å². The Morgan fingerprint density at radius 2 is 1.89 bits per heavy atom. The van der Waals surface area contributed by atoms with Crippen LogP contribution >= 0.6 is 27.5 Å². The summed E-state index contributed by atoms with van der Waals surface area (Å²) in [6.07, 6.45) is 3.31. The molecular formula is C26H25BrClN5O3. The van der Waals surface area contributed by atoms with Gasteiger partial charge in [-0.3, -0.25) is 14.3 Å². The number of nitrogens with zero attached hydrogens (tertiary/aromatic N) is 5. The minimum absolute atomic E-state index is 0.164. The van der Waals surface area contributed by atoms with Crippen LogP contribution in [0.5, 0.6) is 11.6 Å². The van der Waals surface area contributed by atoms with Crippen LogP contribution in [0.25, 0.3) is 17.1 Å². The van der Waals surface area contributed by atoms with Gasteiger partial charge in [-0.25, -0.2) is 15.0 Å². The molecule has 0 bridgehead atoms. The fourth-order valence-electron chi connectivity index (χ4n) is 3.61. The number of hydrogen-bond donors (Lipinski definition) is 0. The van der Waals surface area contributed by atoms with Gasteiger partial charge in [-0.1, -0.05) is 31.5 Å². The van der Waals surface area contributed by atoms with E-state index < -0.39 is 0 Å². The van der Waals surface area contributed by atoms with E-state index in [4.69, 9.17) is 26.1 Å². The predicted molar refractivity (Wildman–Crippen MR) is 142 cm³/mol. The van der Waals surface area contributed by atoms with Gasteiger partial charge in [0.1, 0.15) is 22.7 Å². The summed E-state index contributed by atoms with van der Waals surface area (Å²) in [5.41, 5.74) is 3.66. The van der Waals surface area contributed by atoms with Crippen molar-refractivity contribution in [2.75, 3.05) is 7.11 Å². The number of pyridine rings is 3. The van der Waals surface area contributed by atoms with Crippen molar-refractivity contribution in [1.29, 1.82) is 0 Å². The molecular weight excluding hydrogens is 546 g/mol. The molecule has 10 heteroatoms. The molecule has 36 heavy (non-hydrogen) atoms. The first-order valence-corrected chi connectivity index (χ1v) is 12.4. The van der Waals surface area contributed by atoms with Crippen molar-refractivity contribution in [2.45, 2.75) is 40.2 Å². The van der Waals surface area contributed by atoms with Gasteiger partial charge >= 0.3 is 0 Å². The van der Waals surface area contributed by atoms with Crippen molar-refractivity contribution < 1.29 is 9.47 Å². The van der Waals surface area contributed by atoms with Crippen LogP contribution in [0.15, 0.2) is 52.0 Å². The Kier molecular flexibility index (Phi) is 7.70. The molecule has 0 spiro atoms. The average Bonchev–Trinajstić information content (AvgIpc) is 2.87. The standard InChI is InChI=1S/C26H25BrClN5O3/c1-14(2)25-30-11-15(3)24(32-25)19-10-20(18(28)12-29-19)33-16(4)9-21(23(27)26(33)34)36-13-17-7-6-8-22(31-17)35-5/h6-12,14H,13H2,1-5H3. The van der Waals surface area contributed by atoms with Crippen LogP contribution in [0.2, 0.25) is 5.02 Å². The number of methoxy groups -OCH3 is 1. The van der Waals surface area contributed by atoms with Crippen LogP contribution in [0.4, 0.5) is 0 Å². The lowest BCUT2D eigenvalue weighted by atomic mass is 10.1. The Balaban J connectivity index is 1.73. The van der Waals surface area contributed by atoms with E-state index >= 15 is 0 Å². The van der Waals surface area contributed by atoms with Crippen LogP contribution in [-0.2, 0) is 6.61 Å².